The Morgan fingerprint density at radius 2 is 2.04 bits per heavy atom. The maximum absolute atomic E-state index is 11.9. The second kappa shape index (κ2) is 5.76. The zero-order valence-electron chi connectivity index (χ0n) is 14.3. The van der Waals surface area contributed by atoms with Crippen LogP contribution in [0.1, 0.15) is 33.6 Å². The molecule has 3 aromatic rings. The van der Waals surface area contributed by atoms with Crippen molar-refractivity contribution >= 4 is 23.0 Å². The number of nitrogens with two attached hydrogens (primary N) is 1. The quantitative estimate of drug-likeness (QED) is 0.576. The van der Waals surface area contributed by atoms with Gasteiger partial charge in [0.05, 0.1) is 29.0 Å². The van der Waals surface area contributed by atoms with Crippen LogP contribution in [-0.4, -0.2) is 26.0 Å². The summed E-state index contributed by atoms with van der Waals surface area (Å²) in [5.74, 6) is -0.736. The minimum atomic E-state index is -0.736. The highest BCUT2D eigenvalue weighted by molar-refractivity contribution is 5.99. The minimum Gasteiger partial charge on any atom is -0.479 e. The molecule has 0 spiro atoms. The van der Waals surface area contributed by atoms with Gasteiger partial charge in [-0.25, -0.2) is 4.98 Å². The van der Waals surface area contributed by atoms with E-state index in [1.54, 1.807) is 0 Å². The number of primary amides is 1. The Balaban J connectivity index is 1.93. The Labute approximate surface area is 149 Å². The van der Waals surface area contributed by atoms with Crippen molar-refractivity contribution in [2.75, 3.05) is 10.2 Å². The number of carbonyl (C=O) groups is 1. The number of fused-ring (bicyclic) bond motifs is 1. The number of nitrogens with zero attached hydrogens (tertiary/aromatic N) is 3. The number of nitrogens with one attached hydrogen (secondary N) is 2. The molecule has 0 radical (unpaired) electrons. The first-order chi connectivity index (χ1) is 12.5. The summed E-state index contributed by atoms with van der Waals surface area (Å²) in [6, 6.07) is 9.30. The van der Waals surface area contributed by atoms with Crippen LogP contribution >= 0.6 is 0 Å². The average molecular weight is 350 g/mol. The van der Waals surface area contributed by atoms with Crippen LogP contribution < -0.4 is 16.0 Å². The molecule has 1 aromatic carbocycles. The number of aromatic nitrogens is 3. The lowest BCUT2D eigenvalue weighted by atomic mass is 10.2. The first-order valence-electron chi connectivity index (χ1n) is 8.12. The maximum atomic E-state index is 11.9. The van der Waals surface area contributed by atoms with Crippen molar-refractivity contribution in [2.24, 2.45) is 5.73 Å². The smallest absolute Gasteiger partial charge is 0.314 e. The van der Waals surface area contributed by atoms with E-state index in [0.29, 0.717) is 5.69 Å². The summed E-state index contributed by atoms with van der Waals surface area (Å²) in [6.07, 6.45) is 1.11. The number of aromatic amines is 1. The SMILES string of the molecule is Cc1cc(C)c(C2Nc3ccccc3N2c2cnc(O)nc2C(N)=O)[nH]1. The van der Waals surface area contributed by atoms with E-state index in [4.69, 9.17) is 5.73 Å². The summed E-state index contributed by atoms with van der Waals surface area (Å²) in [7, 11) is 0. The van der Waals surface area contributed by atoms with Crippen LogP contribution in [0.15, 0.2) is 36.5 Å². The Hall–Kier alpha value is -3.55. The largest absolute Gasteiger partial charge is 0.479 e. The molecule has 0 bridgehead atoms. The Kier molecular flexibility index (Phi) is 3.54. The van der Waals surface area contributed by atoms with Gasteiger partial charge in [-0.3, -0.25) is 4.79 Å². The van der Waals surface area contributed by atoms with E-state index in [2.05, 4.69) is 26.3 Å². The number of benzene rings is 1. The highest BCUT2D eigenvalue weighted by atomic mass is 16.3. The van der Waals surface area contributed by atoms with E-state index in [9.17, 15) is 9.90 Å². The van der Waals surface area contributed by atoms with Gasteiger partial charge in [-0.1, -0.05) is 12.1 Å². The Bertz CT molecular complexity index is 1010. The summed E-state index contributed by atoms with van der Waals surface area (Å²) >= 11 is 0. The van der Waals surface area contributed by atoms with Gasteiger partial charge in [0, 0.05) is 5.69 Å². The molecule has 1 aliphatic rings. The zero-order valence-corrected chi connectivity index (χ0v) is 14.3. The third-order valence-electron chi connectivity index (χ3n) is 4.43. The van der Waals surface area contributed by atoms with Gasteiger partial charge >= 0.3 is 6.01 Å². The van der Waals surface area contributed by atoms with Crippen molar-refractivity contribution in [1.82, 2.24) is 15.0 Å². The fourth-order valence-electron chi connectivity index (χ4n) is 3.38. The molecule has 0 saturated carbocycles. The van der Waals surface area contributed by atoms with Crippen LogP contribution in [0.2, 0.25) is 0 Å². The average Bonchev–Trinajstić information content (AvgIpc) is 3.14. The molecule has 132 valence electrons. The van der Waals surface area contributed by atoms with Gasteiger partial charge < -0.3 is 26.0 Å². The second-order valence-electron chi connectivity index (χ2n) is 6.25. The molecule has 8 heteroatoms. The predicted molar refractivity (Wildman–Crippen MR) is 97.4 cm³/mol. The summed E-state index contributed by atoms with van der Waals surface area (Å²) in [5.41, 5.74) is 10.7. The molecule has 1 amide bonds. The van der Waals surface area contributed by atoms with Crippen molar-refractivity contribution < 1.29 is 9.90 Å². The second-order valence-corrected chi connectivity index (χ2v) is 6.25. The first-order valence-corrected chi connectivity index (χ1v) is 8.12. The number of para-hydroxylation sites is 2. The predicted octanol–water partition coefficient (Wildman–Crippen LogP) is 2.49. The number of hydrogen-bond donors (Lipinski definition) is 4. The summed E-state index contributed by atoms with van der Waals surface area (Å²) in [4.78, 5) is 24.9. The minimum absolute atomic E-state index is 0.0399. The molecule has 5 N–H and O–H groups in total. The monoisotopic (exact) mass is 350 g/mol. The number of anilines is 3. The van der Waals surface area contributed by atoms with Gasteiger partial charge in [-0.2, -0.15) is 4.98 Å². The molecular formula is C18H18N6O2. The molecule has 4 rings (SSSR count). The number of aromatic hydroxyl groups is 1. The fraction of sp³-hybridized carbons (Fsp3) is 0.167. The van der Waals surface area contributed by atoms with Crippen LogP contribution in [0.3, 0.4) is 0 Å². The topological polar surface area (TPSA) is 120 Å². The number of rotatable bonds is 3. The van der Waals surface area contributed by atoms with Gasteiger partial charge in [0.1, 0.15) is 6.17 Å². The maximum Gasteiger partial charge on any atom is 0.314 e. The third kappa shape index (κ3) is 2.43. The number of aryl methyl sites for hydroxylation is 2. The van der Waals surface area contributed by atoms with E-state index >= 15 is 0 Å². The van der Waals surface area contributed by atoms with Crippen LogP contribution in [-0.2, 0) is 0 Å². The fourth-order valence-corrected chi connectivity index (χ4v) is 3.38. The van der Waals surface area contributed by atoms with Gasteiger partial charge in [-0.15, -0.1) is 0 Å². The molecule has 2 aromatic heterocycles. The van der Waals surface area contributed by atoms with Crippen molar-refractivity contribution in [1.29, 1.82) is 0 Å². The lowest BCUT2D eigenvalue weighted by molar-refractivity contribution is 0.0995. The lowest BCUT2D eigenvalue weighted by Crippen LogP contribution is -2.28. The first kappa shape index (κ1) is 15.9. The molecule has 1 atom stereocenters. The molecule has 8 nitrogen and oxygen atoms in total. The lowest BCUT2D eigenvalue weighted by Gasteiger charge is -2.27. The third-order valence-corrected chi connectivity index (χ3v) is 4.43. The molecule has 26 heavy (non-hydrogen) atoms. The standard InChI is InChI=1S/C18H18N6O2/c1-9-7-10(2)21-14(9)17-22-11-5-3-4-6-12(11)24(17)13-8-20-18(26)23-15(13)16(19)25/h3-8,17,21-22H,1-2H3,(H2,19,25)(H,20,23,26). The van der Waals surface area contributed by atoms with Gasteiger partial charge in [0.25, 0.3) is 5.91 Å². The van der Waals surface area contributed by atoms with Gasteiger partial charge in [0.2, 0.25) is 0 Å². The zero-order chi connectivity index (χ0) is 18.4. The van der Waals surface area contributed by atoms with Crippen molar-refractivity contribution in [3.63, 3.8) is 0 Å². The van der Waals surface area contributed by atoms with E-state index < -0.39 is 11.9 Å². The molecule has 0 aliphatic carbocycles. The normalized spacial score (nSPS) is 15.6. The van der Waals surface area contributed by atoms with E-state index in [1.807, 2.05) is 43.0 Å². The highest BCUT2D eigenvalue weighted by Gasteiger charge is 2.35. The van der Waals surface area contributed by atoms with E-state index in [1.165, 1.54) is 6.20 Å². The van der Waals surface area contributed by atoms with E-state index in [-0.39, 0.29) is 11.9 Å². The van der Waals surface area contributed by atoms with Crippen LogP contribution in [0.25, 0.3) is 0 Å². The van der Waals surface area contributed by atoms with Crippen molar-refractivity contribution in [2.45, 2.75) is 20.0 Å². The summed E-state index contributed by atoms with van der Waals surface area (Å²) in [5, 5.41) is 13.0. The van der Waals surface area contributed by atoms with Gasteiger partial charge in [-0.05, 0) is 37.6 Å². The molecule has 1 aliphatic heterocycles. The highest BCUT2D eigenvalue weighted by Crippen LogP contribution is 2.46. The molecular weight excluding hydrogens is 332 g/mol. The summed E-state index contributed by atoms with van der Waals surface area (Å²) in [6.45, 7) is 4.01. The molecule has 0 saturated heterocycles. The number of hydrogen-bond acceptors (Lipinski definition) is 6. The molecule has 1 unspecified atom stereocenters. The van der Waals surface area contributed by atoms with Crippen LogP contribution in [0.4, 0.5) is 17.1 Å². The molecule has 3 heterocycles. The Morgan fingerprint density at radius 1 is 1.27 bits per heavy atom. The molecule has 0 fully saturated rings. The van der Waals surface area contributed by atoms with Gasteiger partial charge in [0.15, 0.2) is 5.69 Å². The Morgan fingerprint density at radius 3 is 2.73 bits per heavy atom. The van der Waals surface area contributed by atoms with Crippen LogP contribution in [0, 0.1) is 13.8 Å². The number of carbonyl (C=O) groups excluding carboxylic acids is 1. The number of amides is 1. The van der Waals surface area contributed by atoms with E-state index in [0.717, 1.165) is 28.3 Å². The summed E-state index contributed by atoms with van der Waals surface area (Å²) < 4.78 is 0. The number of H-pyrrole nitrogens is 1. The van der Waals surface area contributed by atoms with Crippen molar-refractivity contribution in [3.05, 3.63) is 59.2 Å². The van der Waals surface area contributed by atoms with Crippen molar-refractivity contribution in [3.8, 4) is 6.01 Å². The van der Waals surface area contributed by atoms with Crippen LogP contribution in [0.5, 0.6) is 6.01 Å².